The summed E-state index contributed by atoms with van der Waals surface area (Å²) in [5.74, 6) is -0.0218. The lowest BCUT2D eigenvalue weighted by Crippen LogP contribution is -2.35. The van der Waals surface area contributed by atoms with Crippen LogP contribution in [0.4, 0.5) is 21.6 Å². The lowest BCUT2D eigenvalue weighted by atomic mass is 10.0. The molecule has 10 heteroatoms. The Morgan fingerprint density at radius 1 is 1.00 bits per heavy atom. The van der Waals surface area contributed by atoms with Gasteiger partial charge in [0.15, 0.2) is 0 Å². The van der Waals surface area contributed by atoms with Crippen molar-refractivity contribution >= 4 is 34.0 Å². The number of fused-ring (bicyclic) bond motifs is 1. The number of ether oxygens (including phenoxy) is 1. The molecule has 0 spiro atoms. The van der Waals surface area contributed by atoms with Gasteiger partial charge in [0.1, 0.15) is 17.4 Å². The Morgan fingerprint density at radius 2 is 1.76 bits per heavy atom. The van der Waals surface area contributed by atoms with Crippen molar-refractivity contribution < 1.29 is 13.9 Å². The number of anilines is 3. The summed E-state index contributed by atoms with van der Waals surface area (Å²) in [7, 11) is 1.46. The number of pyridine rings is 3. The van der Waals surface area contributed by atoms with Gasteiger partial charge in [-0.05, 0) is 74.9 Å². The van der Waals surface area contributed by atoms with Crippen LogP contribution in [0.3, 0.4) is 0 Å². The van der Waals surface area contributed by atoms with Crippen LogP contribution in [0.2, 0.25) is 0 Å². The maximum Gasteiger partial charge on any atom is 0.259 e. The van der Waals surface area contributed by atoms with Crippen molar-refractivity contribution in [1.82, 2.24) is 19.9 Å². The van der Waals surface area contributed by atoms with Crippen LogP contribution in [-0.2, 0) is 0 Å². The summed E-state index contributed by atoms with van der Waals surface area (Å²) in [5.41, 5.74) is 2.21. The number of piperidine rings is 2. The molecule has 4 aromatic rings. The van der Waals surface area contributed by atoms with Crippen LogP contribution < -0.4 is 20.5 Å². The first-order chi connectivity index (χ1) is 20.0. The van der Waals surface area contributed by atoms with Crippen molar-refractivity contribution in [1.29, 1.82) is 0 Å². The Bertz CT molecular complexity index is 1630. The van der Waals surface area contributed by atoms with Crippen LogP contribution in [-0.4, -0.2) is 59.0 Å². The van der Waals surface area contributed by atoms with Gasteiger partial charge in [0, 0.05) is 37.9 Å². The number of rotatable bonds is 6. The van der Waals surface area contributed by atoms with Crippen LogP contribution in [0, 0.1) is 5.82 Å². The highest BCUT2D eigenvalue weighted by Crippen LogP contribution is 2.34. The summed E-state index contributed by atoms with van der Waals surface area (Å²) in [6.45, 7) is 3.32. The molecule has 41 heavy (non-hydrogen) atoms. The quantitative estimate of drug-likeness (QED) is 0.324. The molecular formula is C31H33FN6O3. The van der Waals surface area contributed by atoms with Gasteiger partial charge < -0.3 is 24.8 Å². The number of carbonyl (C=O) groups is 1. The van der Waals surface area contributed by atoms with Crippen LogP contribution in [0.25, 0.3) is 22.2 Å². The van der Waals surface area contributed by atoms with E-state index in [9.17, 15) is 9.59 Å². The maximum absolute atomic E-state index is 15.7. The van der Waals surface area contributed by atoms with Crippen molar-refractivity contribution in [2.24, 2.45) is 0 Å². The Hall–Kier alpha value is -4.47. The topological polar surface area (TPSA) is 103 Å². The zero-order valence-electron chi connectivity index (χ0n) is 23.1. The smallest absolute Gasteiger partial charge is 0.259 e. The van der Waals surface area contributed by atoms with E-state index >= 15 is 4.39 Å². The zero-order valence-corrected chi connectivity index (χ0v) is 23.1. The monoisotopic (exact) mass is 556 g/mol. The van der Waals surface area contributed by atoms with Gasteiger partial charge in [0.2, 0.25) is 0 Å². The molecular weight excluding hydrogens is 523 g/mol. The minimum Gasteiger partial charge on any atom is -0.496 e. The molecule has 0 bridgehead atoms. The predicted molar refractivity (Wildman–Crippen MR) is 158 cm³/mol. The van der Waals surface area contributed by atoms with Crippen LogP contribution in [0.15, 0.2) is 53.6 Å². The highest BCUT2D eigenvalue weighted by atomic mass is 19.1. The zero-order chi connectivity index (χ0) is 28.3. The molecule has 0 unspecified atom stereocenters. The first-order valence-electron chi connectivity index (χ1n) is 14.2. The third-order valence-electron chi connectivity index (χ3n) is 7.90. The van der Waals surface area contributed by atoms with Crippen LogP contribution in [0.5, 0.6) is 5.75 Å². The van der Waals surface area contributed by atoms with E-state index in [-0.39, 0.29) is 28.3 Å². The number of hydrogen-bond acceptors (Lipinski definition) is 7. The van der Waals surface area contributed by atoms with E-state index in [0.29, 0.717) is 41.2 Å². The number of aromatic amines is 1. The predicted octanol–water partition coefficient (Wildman–Crippen LogP) is 5.49. The van der Waals surface area contributed by atoms with E-state index in [1.165, 1.54) is 44.7 Å². The Morgan fingerprint density at radius 3 is 2.46 bits per heavy atom. The molecule has 3 aromatic heterocycles. The highest BCUT2D eigenvalue weighted by molar-refractivity contribution is 5.98. The number of aromatic nitrogens is 3. The lowest BCUT2D eigenvalue weighted by Gasteiger charge is -2.28. The standard InChI is InChI=1S/C31H33FN6O3/c1-41-27-17-21(23(32)16-22(27)31(40)38-14-6-3-7-15-38)25-18-26(29-24(35-25)10-11-33-30(29)39)36-28-9-8-20(19-34-28)37-12-4-2-5-13-37/h8-11,16-19H,2-7,12-15H2,1H3,(H,33,39)(H,34,35,36). The minimum atomic E-state index is -0.599. The molecule has 0 atom stereocenters. The first-order valence-corrected chi connectivity index (χ1v) is 14.2. The number of H-pyrrole nitrogens is 1. The second kappa shape index (κ2) is 11.6. The molecule has 2 aliphatic heterocycles. The number of nitrogens with zero attached hydrogens (tertiary/aromatic N) is 4. The van der Waals surface area contributed by atoms with Gasteiger partial charge in [0.05, 0.1) is 46.8 Å². The molecule has 2 fully saturated rings. The minimum absolute atomic E-state index is 0.163. The average molecular weight is 557 g/mol. The molecule has 1 amide bonds. The number of nitrogens with one attached hydrogen (secondary N) is 2. The number of halogens is 1. The van der Waals surface area contributed by atoms with Crippen molar-refractivity contribution in [2.75, 3.05) is 43.5 Å². The number of benzene rings is 1. The molecule has 212 valence electrons. The molecule has 0 radical (unpaired) electrons. The summed E-state index contributed by atoms with van der Waals surface area (Å²) < 4.78 is 21.2. The highest BCUT2D eigenvalue weighted by Gasteiger charge is 2.24. The van der Waals surface area contributed by atoms with Crippen molar-refractivity contribution in [2.45, 2.75) is 38.5 Å². The van der Waals surface area contributed by atoms with Crippen molar-refractivity contribution in [3.05, 3.63) is 70.5 Å². The summed E-state index contributed by atoms with van der Waals surface area (Å²) in [4.78, 5) is 42.0. The number of methoxy groups -OCH3 is 1. The molecule has 2 aliphatic rings. The Labute approximate surface area is 237 Å². The lowest BCUT2D eigenvalue weighted by molar-refractivity contribution is 0.0720. The maximum atomic E-state index is 15.7. The van der Waals surface area contributed by atoms with E-state index < -0.39 is 5.82 Å². The van der Waals surface area contributed by atoms with Gasteiger partial charge in [-0.3, -0.25) is 9.59 Å². The van der Waals surface area contributed by atoms with Gasteiger partial charge in [-0.25, -0.2) is 14.4 Å². The van der Waals surface area contributed by atoms with E-state index in [1.807, 2.05) is 18.3 Å². The van der Waals surface area contributed by atoms with Crippen LogP contribution >= 0.6 is 0 Å². The fraction of sp³-hybridized carbons (Fsp3) is 0.355. The second-order valence-corrected chi connectivity index (χ2v) is 10.6. The molecule has 0 saturated carbocycles. The molecule has 9 nitrogen and oxygen atoms in total. The largest absolute Gasteiger partial charge is 0.496 e. The third kappa shape index (κ3) is 5.46. The molecule has 5 heterocycles. The number of amides is 1. The molecule has 2 N–H and O–H groups in total. The summed E-state index contributed by atoms with van der Waals surface area (Å²) in [5, 5.41) is 3.58. The number of carbonyl (C=O) groups excluding carboxylic acids is 1. The summed E-state index contributed by atoms with van der Waals surface area (Å²) >= 11 is 0. The molecule has 6 rings (SSSR count). The summed E-state index contributed by atoms with van der Waals surface area (Å²) in [6, 6.07) is 9.91. The van der Waals surface area contributed by atoms with E-state index in [4.69, 9.17) is 4.74 Å². The average Bonchev–Trinajstić information content (AvgIpc) is 3.01. The van der Waals surface area contributed by atoms with Crippen molar-refractivity contribution in [3.63, 3.8) is 0 Å². The van der Waals surface area contributed by atoms with Gasteiger partial charge in [0.25, 0.3) is 11.5 Å². The van der Waals surface area contributed by atoms with Crippen molar-refractivity contribution in [3.8, 4) is 17.0 Å². The number of hydrogen-bond donors (Lipinski definition) is 2. The van der Waals surface area contributed by atoms with Gasteiger partial charge in [-0.2, -0.15) is 0 Å². The SMILES string of the molecule is COc1cc(-c2cc(Nc3ccc(N4CCCCC4)cn3)c3c(=O)[nH]ccc3n2)c(F)cc1C(=O)N1CCCCC1. The fourth-order valence-corrected chi connectivity index (χ4v) is 5.72. The molecule has 2 saturated heterocycles. The first kappa shape index (κ1) is 26.7. The van der Waals surface area contributed by atoms with E-state index in [2.05, 4.69) is 25.2 Å². The van der Waals surface area contributed by atoms with E-state index in [0.717, 1.165) is 38.0 Å². The Kier molecular flexibility index (Phi) is 7.54. The molecule has 1 aromatic carbocycles. The van der Waals surface area contributed by atoms with E-state index in [1.54, 1.807) is 17.0 Å². The Balaban J connectivity index is 1.37. The summed E-state index contributed by atoms with van der Waals surface area (Å²) in [6.07, 6.45) is 9.87. The van der Waals surface area contributed by atoms with Gasteiger partial charge in [-0.1, -0.05) is 0 Å². The van der Waals surface area contributed by atoms with Gasteiger partial charge >= 0.3 is 0 Å². The second-order valence-electron chi connectivity index (χ2n) is 10.6. The fourth-order valence-electron chi connectivity index (χ4n) is 5.72. The molecule has 0 aliphatic carbocycles. The normalized spacial score (nSPS) is 15.7. The number of likely N-dealkylation sites (tertiary alicyclic amines) is 1. The van der Waals surface area contributed by atoms with Crippen LogP contribution in [0.1, 0.15) is 48.9 Å². The van der Waals surface area contributed by atoms with Gasteiger partial charge in [-0.15, -0.1) is 0 Å². The third-order valence-corrected chi connectivity index (χ3v) is 7.90.